The van der Waals surface area contributed by atoms with E-state index in [-0.39, 0.29) is 6.17 Å². The van der Waals surface area contributed by atoms with Crippen molar-refractivity contribution in [1.82, 2.24) is 10.2 Å². The number of carbonyl (C=O) groups excluding carboxylic acids is 1. The van der Waals surface area contributed by atoms with Crippen LogP contribution in [0.5, 0.6) is 0 Å². The van der Waals surface area contributed by atoms with E-state index in [0.29, 0.717) is 0 Å². The minimum atomic E-state index is -0.126. The first kappa shape index (κ1) is 16.1. The molecule has 19 heavy (non-hydrogen) atoms. The molecule has 0 saturated heterocycles. The Bertz CT molecular complexity index is 253. The van der Waals surface area contributed by atoms with Crippen LogP contribution in [0.4, 0.5) is 0 Å². The Kier molecular flexibility index (Phi) is 9.21. The number of hydrogen-bond donors (Lipinski definition) is 1. The van der Waals surface area contributed by atoms with Gasteiger partial charge in [-0.15, -0.1) is 0 Å². The highest BCUT2D eigenvalue weighted by Gasteiger charge is 2.15. The highest BCUT2D eigenvalue weighted by molar-refractivity contribution is 5.58. The van der Waals surface area contributed by atoms with Crippen molar-refractivity contribution in [2.24, 2.45) is 0 Å². The Labute approximate surface area is 118 Å². The molecule has 0 fully saturated rings. The Morgan fingerprint density at radius 2 is 1.58 bits per heavy atom. The fourth-order valence-electron chi connectivity index (χ4n) is 2.54. The minimum Gasteiger partial charge on any atom is -0.364 e. The maximum Gasteiger partial charge on any atom is 0.162 e. The van der Waals surface area contributed by atoms with Crippen molar-refractivity contribution < 1.29 is 4.79 Å². The average Bonchev–Trinajstić information content (AvgIpc) is 2.88. The van der Waals surface area contributed by atoms with Crippen LogP contribution >= 0.6 is 0 Å². The quantitative estimate of drug-likeness (QED) is 0.430. The van der Waals surface area contributed by atoms with Crippen molar-refractivity contribution in [2.45, 2.75) is 77.3 Å². The summed E-state index contributed by atoms with van der Waals surface area (Å²) in [6.45, 7) is 3.25. The minimum absolute atomic E-state index is 0.126. The number of carbonyl (C=O) groups is 1. The van der Waals surface area contributed by atoms with E-state index in [1.54, 1.807) is 0 Å². The monoisotopic (exact) mass is 266 g/mol. The van der Waals surface area contributed by atoms with Gasteiger partial charge >= 0.3 is 0 Å². The number of rotatable bonds is 12. The average molecular weight is 266 g/mol. The second-order valence-corrected chi connectivity index (χ2v) is 5.48. The summed E-state index contributed by atoms with van der Waals surface area (Å²) >= 11 is 0. The molecule has 0 aliphatic carbocycles. The smallest absolute Gasteiger partial charge is 0.162 e. The normalized spacial score (nSPS) is 17.7. The SMILES string of the molecule is CCCCCCCCCCCCN1C=CNC1C=O. The van der Waals surface area contributed by atoms with Crippen molar-refractivity contribution in [3.8, 4) is 0 Å². The van der Waals surface area contributed by atoms with Crippen LogP contribution in [0.15, 0.2) is 12.4 Å². The fraction of sp³-hybridized carbons (Fsp3) is 0.812. The van der Waals surface area contributed by atoms with E-state index >= 15 is 0 Å². The molecule has 0 aromatic carbocycles. The van der Waals surface area contributed by atoms with Crippen molar-refractivity contribution >= 4 is 6.29 Å². The van der Waals surface area contributed by atoms with Crippen molar-refractivity contribution in [3.63, 3.8) is 0 Å². The molecule has 0 saturated carbocycles. The summed E-state index contributed by atoms with van der Waals surface area (Å²) < 4.78 is 0. The standard InChI is InChI=1S/C16H30N2O/c1-2-3-4-5-6-7-8-9-10-11-13-18-14-12-17-16(18)15-19/h12,14-17H,2-11,13H2,1H3. The van der Waals surface area contributed by atoms with Crippen LogP contribution < -0.4 is 5.32 Å². The van der Waals surface area contributed by atoms with Crippen LogP contribution in [0.2, 0.25) is 0 Å². The van der Waals surface area contributed by atoms with Gasteiger partial charge in [-0.25, -0.2) is 0 Å². The number of unbranched alkanes of at least 4 members (excludes halogenated alkanes) is 9. The van der Waals surface area contributed by atoms with Gasteiger partial charge in [-0.3, -0.25) is 4.79 Å². The van der Waals surface area contributed by atoms with Crippen molar-refractivity contribution in [2.75, 3.05) is 6.54 Å². The van der Waals surface area contributed by atoms with Crippen LogP contribution in [-0.4, -0.2) is 23.9 Å². The Morgan fingerprint density at radius 3 is 2.16 bits per heavy atom. The van der Waals surface area contributed by atoms with E-state index in [0.717, 1.165) is 12.8 Å². The van der Waals surface area contributed by atoms with Gasteiger partial charge in [-0.1, -0.05) is 64.7 Å². The van der Waals surface area contributed by atoms with Crippen LogP contribution in [0.25, 0.3) is 0 Å². The van der Waals surface area contributed by atoms with Gasteiger partial charge in [-0.2, -0.15) is 0 Å². The molecular formula is C16H30N2O. The van der Waals surface area contributed by atoms with Gasteiger partial charge < -0.3 is 10.2 Å². The zero-order valence-corrected chi connectivity index (χ0v) is 12.4. The maximum atomic E-state index is 10.8. The lowest BCUT2D eigenvalue weighted by Crippen LogP contribution is -2.37. The van der Waals surface area contributed by atoms with Crippen LogP contribution in [0.1, 0.15) is 71.1 Å². The first-order chi connectivity index (χ1) is 9.38. The topological polar surface area (TPSA) is 32.3 Å². The molecule has 1 N–H and O–H groups in total. The second-order valence-electron chi connectivity index (χ2n) is 5.48. The summed E-state index contributed by atoms with van der Waals surface area (Å²) in [5.74, 6) is 0. The summed E-state index contributed by atoms with van der Waals surface area (Å²) in [4.78, 5) is 12.8. The molecule has 0 radical (unpaired) electrons. The summed E-state index contributed by atoms with van der Waals surface area (Å²) in [7, 11) is 0. The van der Waals surface area contributed by atoms with Crippen LogP contribution in [0, 0.1) is 0 Å². The van der Waals surface area contributed by atoms with Gasteiger partial charge in [0.2, 0.25) is 0 Å². The zero-order chi connectivity index (χ0) is 13.8. The molecule has 110 valence electrons. The van der Waals surface area contributed by atoms with E-state index in [1.807, 2.05) is 12.4 Å². The third-order valence-electron chi connectivity index (χ3n) is 3.79. The molecule has 1 atom stereocenters. The number of hydrogen-bond acceptors (Lipinski definition) is 3. The second kappa shape index (κ2) is 10.9. The van der Waals surface area contributed by atoms with Gasteiger partial charge in [0.05, 0.1) is 0 Å². The molecule has 0 bridgehead atoms. The van der Waals surface area contributed by atoms with Crippen molar-refractivity contribution in [3.05, 3.63) is 12.4 Å². The van der Waals surface area contributed by atoms with Crippen LogP contribution in [0.3, 0.4) is 0 Å². The van der Waals surface area contributed by atoms with E-state index in [4.69, 9.17) is 0 Å². The molecule has 1 rings (SSSR count). The van der Waals surface area contributed by atoms with Gasteiger partial charge in [0.1, 0.15) is 0 Å². The fourth-order valence-corrected chi connectivity index (χ4v) is 2.54. The molecule has 0 spiro atoms. The Hall–Kier alpha value is -0.990. The maximum absolute atomic E-state index is 10.8. The molecule has 1 aliphatic heterocycles. The Morgan fingerprint density at radius 1 is 1.00 bits per heavy atom. The van der Waals surface area contributed by atoms with Gasteiger partial charge in [0.15, 0.2) is 12.5 Å². The first-order valence-electron chi connectivity index (χ1n) is 8.02. The van der Waals surface area contributed by atoms with E-state index in [2.05, 4.69) is 17.1 Å². The molecule has 0 aromatic heterocycles. The van der Waals surface area contributed by atoms with Gasteiger partial charge in [0, 0.05) is 18.9 Å². The lowest BCUT2D eigenvalue weighted by Gasteiger charge is -2.20. The molecule has 1 aliphatic rings. The molecule has 3 heteroatoms. The molecule has 3 nitrogen and oxygen atoms in total. The van der Waals surface area contributed by atoms with E-state index in [1.165, 1.54) is 64.2 Å². The predicted molar refractivity (Wildman–Crippen MR) is 80.7 cm³/mol. The summed E-state index contributed by atoms with van der Waals surface area (Å²) in [5.41, 5.74) is 0. The summed E-state index contributed by atoms with van der Waals surface area (Å²) in [6, 6.07) is 0. The largest absolute Gasteiger partial charge is 0.364 e. The lowest BCUT2D eigenvalue weighted by atomic mass is 10.1. The third kappa shape index (κ3) is 7.24. The molecular weight excluding hydrogens is 236 g/mol. The predicted octanol–water partition coefficient (Wildman–Crippen LogP) is 3.81. The lowest BCUT2D eigenvalue weighted by molar-refractivity contribution is -0.111. The van der Waals surface area contributed by atoms with E-state index < -0.39 is 0 Å². The highest BCUT2D eigenvalue weighted by atomic mass is 16.1. The first-order valence-corrected chi connectivity index (χ1v) is 8.02. The Balaban J connectivity index is 1.83. The molecule has 1 unspecified atom stereocenters. The number of nitrogens with one attached hydrogen (secondary N) is 1. The van der Waals surface area contributed by atoms with Gasteiger partial charge in [0.25, 0.3) is 0 Å². The molecule has 1 heterocycles. The zero-order valence-electron chi connectivity index (χ0n) is 12.4. The third-order valence-corrected chi connectivity index (χ3v) is 3.79. The van der Waals surface area contributed by atoms with Gasteiger partial charge in [-0.05, 0) is 6.42 Å². The molecule has 0 amide bonds. The van der Waals surface area contributed by atoms with Crippen molar-refractivity contribution in [1.29, 1.82) is 0 Å². The summed E-state index contributed by atoms with van der Waals surface area (Å²) in [6.07, 6.45) is 18.2. The number of aldehydes is 1. The van der Waals surface area contributed by atoms with E-state index in [9.17, 15) is 4.79 Å². The van der Waals surface area contributed by atoms with Crippen LogP contribution in [-0.2, 0) is 4.79 Å². The number of nitrogens with zero attached hydrogens (tertiary/aromatic N) is 1. The highest BCUT2D eigenvalue weighted by Crippen LogP contribution is 2.11. The summed E-state index contributed by atoms with van der Waals surface area (Å²) in [5, 5.41) is 3.02. The molecule has 0 aromatic rings.